The second kappa shape index (κ2) is 4.74. The highest BCUT2D eigenvalue weighted by Gasteiger charge is 2.38. The van der Waals surface area contributed by atoms with Crippen LogP contribution >= 0.6 is 0 Å². The summed E-state index contributed by atoms with van der Waals surface area (Å²) in [6.45, 7) is 0.407. The molecule has 2 rings (SSSR count). The van der Waals surface area contributed by atoms with Gasteiger partial charge in [0.15, 0.2) is 0 Å². The molecule has 0 spiro atoms. The van der Waals surface area contributed by atoms with Crippen LogP contribution in [0.1, 0.15) is 38.5 Å². The Labute approximate surface area is 101 Å². The van der Waals surface area contributed by atoms with Crippen LogP contribution in [0, 0.1) is 0 Å². The third kappa shape index (κ3) is 2.66. The number of imide groups is 1. The van der Waals surface area contributed by atoms with Crippen molar-refractivity contribution >= 4 is 11.8 Å². The lowest BCUT2D eigenvalue weighted by Gasteiger charge is -2.33. The molecule has 17 heavy (non-hydrogen) atoms. The molecule has 0 aromatic carbocycles. The van der Waals surface area contributed by atoms with E-state index in [1.54, 1.807) is 0 Å². The van der Waals surface area contributed by atoms with Crippen LogP contribution in [0.15, 0.2) is 0 Å². The van der Waals surface area contributed by atoms with Crippen LogP contribution in [0.2, 0.25) is 0 Å². The molecule has 1 unspecified atom stereocenters. The minimum Gasteiger partial charge on any atom is -0.389 e. The Morgan fingerprint density at radius 3 is 2.53 bits per heavy atom. The van der Waals surface area contributed by atoms with Crippen LogP contribution in [0.4, 0.5) is 0 Å². The lowest BCUT2D eigenvalue weighted by molar-refractivity contribution is -0.137. The topological polar surface area (TPSA) is 69.6 Å². The molecule has 96 valence electrons. The summed E-state index contributed by atoms with van der Waals surface area (Å²) in [6, 6.07) is -0.446. The molecule has 5 heteroatoms. The van der Waals surface area contributed by atoms with E-state index in [0.717, 1.165) is 30.6 Å². The normalized spacial score (nSPS) is 28.8. The van der Waals surface area contributed by atoms with Gasteiger partial charge in [0, 0.05) is 13.6 Å². The number of hydrogen-bond acceptors (Lipinski definition) is 4. The van der Waals surface area contributed by atoms with Gasteiger partial charge >= 0.3 is 0 Å². The average Bonchev–Trinajstić information content (AvgIpc) is 2.55. The maximum atomic E-state index is 11.7. The van der Waals surface area contributed by atoms with Crippen LogP contribution in [0.3, 0.4) is 0 Å². The molecular formula is C12H20N2O3. The van der Waals surface area contributed by atoms with E-state index in [-0.39, 0.29) is 18.2 Å². The van der Waals surface area contributed by atoms with Gasteiger partial charge in [-0.1, -0.05) is 19.3 Å². The van der Waals surface area contributed by atoms with Crippen molar-refractivity contribution < 1.29 is 14.7 Å². The molecule has 1 atom stereocenters. The van der Waals surface area contributed by atoms with Gasteiger partial charge in [-0.05, 0) is 12.8 Å². The Morgan fingerprint density at radius 1 is 1.35 bits per heavy atom. The molecule has 0 aromatic rings. The minimum absolute atomic E-state index is 0.150. The van der Waals surface area contributed by atoms with Crippen molar-refractivity contribution in [1.82, 2.24) is 10.2 Å². The first-order valence-corrected chi connectivity index (χ1v) is 6.28. The lowest BCUT2D eigenvalue weighted by Crippen LogP contribution is -2.47. The Kier molecular flexibility index (Phi) is 3.49. The second-order valence-corrected chi connectivity index (χ2v) is 5.21. The van der Waals surface area contributed by atoms with Gasteiger partial charge in [-0.15, -0.1) is 0 Å². The summed E-state index contributed by atoms with van der Waals surface area (Å²) in [4.78, 5) is 24.1. The average molecular weight is 240 g/mol. The highest BCUT2D eigenvalue weighted by Crippen LogP contribution is 2.27. The molecule has 1 heterocycles. The summed E-state index contributed by atoms with van der Waals surface area (Å²) >= 11 is 0. The number of carbonyl (C=O) groups is 2. The Morgan fingerprint density at radius 2 is 2.00 bits per heavy atom. The Balaban J connectivity index is 1.86. The molecule has 1 aliphatic carbocycles. The number of likely N-dealkylation sites (tertiary alicyclic amines) is 1. The number of carbonyl (C=O) groups excluding carboxylic acids is 2. The van der Waals surface area contributed by atoms with E-state index in [9.17, 15) is 14.7 Å². The maximum absolute atomic E-state index is 11.7. The molecule has 2 fully saturated rings. The van der Waals surface area contributed by atoms with E-state index >= 15 is 0 Å². The third-order valence-electron chi connectivity index (χ3n) is 3.84. The summed E-state index contributed by atoms with van der Waals surface area (Å²) < 4.78 is 0. The molecule has 5 nitrogen and oxygen atoms in total. The van der Waals surface area contributed by atoms with E-state index in [2.05, 4.69) is 5.32 Å². The fraction of sp³-hybridized carbons (Fsp3) is 0.833. The number of nitrogens with one attached hydrogen (secondary N) is 1. The summed E-state index contributed by atoms with van der Waals surface area (Å²) in [5.74, 6) is -0.336. The molecule has 2 amide bonds. The zero-order chi connectivity index (χ0) is 12.5. The van der Waals surface area contributed by atoms with Crippen molar-refractivity contribution in [2.24, 2.45) is 0 Å². The fourth-order valence-electron chi connectivity index (χ4n) is 2.61. The van der Waals surface area contributed by atoms with E-state index in [1.165, 1.54) is 13.5 Å². The molecule has 0 radical (unpaired) electrons. The molecule has 0 bridgehead atoms. The molecule has 1 saturated carbocycles. The van der Waals surface area contributed by atoms with E-state index < -0.39 is 11.6 Å². The van der Waals surface area contributed by atoms with Crippen molar-refractivity contribution in [3.8, 4) is 0 Å². The first kappa shape index (κ1) is 12.5. The van der Waals surface area contributed by atoms with Gasteiger partial charge in [0.2, 0.25) is 11.8 Å². The van der Waals surface area contributed by atoms with Gasteiger partial charge in [0.1, 0.15) is 0 Å². The number of amides is 2. The number of rotatable bonds is 3. The number of nitrogens with zero attached hydrogens (tertiary/aromatic N) is 1. The summed E-state index contributed by atoms with van der Waals surface area (Å²) in [7, 11) is 1.50. The zero-order valence-corrected chi connectivity index (χ0v) is 10.2. The number of aliphatic hydroxyl groups is 1. The van der Waals surface area contributed by atoms with Crippen LogP contribution in [0.25, 0.3) is 0 Å². The first-order valence-electron chi connectivity index (χ1n) is 6.28. The standard InChI is InChI=1S/C12H20N2O3/c1-14-10(15)7-9(11(14)16)13-8-12(17)5-3-2-4-6-12/h9,13,17H,2-8H2,1H3. The lowest BCUT2D eigenvalue weighted by atomic mass is 9.85. The molecule has 2 N–H and O–H groups in total. The van der Waals surface area contributed by atoms with Gasteiger partial charge in [-0.2, -0.15) is 0 Å². The predicted octanol–water partition coefficient (Wildman–Crippen LogP) is 0.0285. The van der Waals surface area contributed by atoms with Gasteiger partial charge in [-0.3, -0.25) is 14.5 Å². The summed E-state index contributed by atoms with van der Waals surface area (Å²) in [6.07, 6.45) is 5.03. The second-order valence-electron chi connectivity index (χ2n) is 5.21. The van der Waals surface area contributed by atoms with Crippen molar-refractivity contribution in [2.45, 2.75) is 50.2 Å². The third-order valence-corrected chi connectivity index (χ3v) is 3.84. The Hall–Kier alpha value is -0.940. The molecule has 1 saturated heterocycles. The first-order chi connectivity index (χ1) is 8.02. The van der Waals surface area contributed by atoms with Gasteiger partial charge in [0.25, 0.3) is 0 Å². The quantitative estimate of drug-likeness (QED) is 0.683. The van der Waals surface area contributed by atoms with Crippen molar-refractivity contribution in [1.29, 1.82) is 0 Å². The van der Waals surface area contributed by atoms with Crippen molar-refractivity contribution in [2.75, 3.05) is 13.6 Å². The molecule has 0 aromatic heterocycles. The SMILES string of the molecule is CN1C(=O)CC(NCC2(O)CCCCC2)C1=O. The van der Waals surface area contributed by atoms with Gasteiger partial charge in [0.05, 0.1) is 18.1 Å². The number of hydrogen-bond donors (Lipinski definition) is 2. The molecular weight excluding hydrogens is 220 g/mol. The van der Waals surface area contributed by atoms with Gasteiger partial charge in [-0.25, -0.2) is 0 Å². The maximum Gasteiger partial charge on any atom is 0.246 e. The number of likely N-dealkylation sites (N-methyl/N-ethyl adjacent to an activating group) is 1. The van der Waals surface area contributed by atoms with Crippen LogP contribution in [-0.4, -0.2) is 47.1 Å². The Bertz CT molecular complexity index is 324. The summed E-state index contributed by atoms with van der Waals surface area (Å²) in [5, 5.41) is 13.3. The van der Waals surface area contributed by atoms with Crippen LogP contribution in [0.5, 0.6) is 0 Å². The van der Waals surface area contributed by atoms with Crippen LogP contribution in [-0.2, 0) is 9.59 Å². The molecule has 1 aliphatic heterocycles. The minimum atomic E-state index is -0.692. The van der Waals surface area contributed by atoms with E-state index in [1.807, 2.05) is 0 Å². The van der Waals surface area contributed by atoms with E-state index in [0.29, 0.717) is 6.54 Å². The highest BCUT2D eigenvalue weighted by atomic mass is 16.3. The van der Waals surface area contributed by atoms with E-state index in [4.69, 9.17) is 0 Å². The predicted molar refractivity (Wildman–Crippen MR) is 62.2 cm³/mol. The molecule has 2 aliphatic rings. The van der Waals surface area contributed by atoms with Crippen molar-refractivity contribution in [3.63, 3.8) is 0 Å². The smallest absolute Gasteiger partial charge is 0.246 e. The highest BCUT2D eigenvalue weighted by molar-refractivity contribution is 6.05. The largest absolute Gasteiger partial charge is 0.389 e. The van der Waals surface area contributed by atoms with Gasteiger partial charge < -0.3 is 10.4 Å². The van der Waals surface area contributed by atoms with Crippen molar-refractivity contribution in [3.05, 3.63) is 0 Å². The fourth-order valence-corrected chi connectivity index (χ4v) is 2.61. The van der Waals surface area contributed by atoms with Crippen LogP contribution < -0.4 is 5.32 Å². The monoisotopic (exact) mass is 240 g/mol. The zero-order valence-electron chi connectivity index (χ0n) is 10.2. The summed E-state index contributed by atoms with van der Waals surface area (Å²) in [5.41, 5.74) is -0.692.